The van der Waals surface area contributed by atoms with Crippen LogP contribution in [-0.2, 0) is 20.0 Å². The van der Waals surface area contributed by atoms with E-state index in [1.54, 1.807) is 26.0 Å². The van der Waals surface area contributed by atoms with Crippen molar-refractivity contribution >= 4 is 42.7 Å². The van der Waals surface area contributed by atoms with Crippen LogP contribution in [0.15, 0.2) is 82.6 Å². The molecule has 4 aromatic rings. The Labute approximate surface area is 240 Å². The van der Waals surface area contributed by atoms with Gasteiger partial charge in [0.1, 0.15) is 5.82 Å². The van der Waals surface area contributed by atoms with Gasteiger partial charge in [-0.1, -0.05) is 26.0 Å². The highest BCUT2D eigenvalue weighted by atomic mass is 32.2. The Morgan fingerprint density at radius 1 is 0.902 bits per heavy atom. The van der Waals surface area contributed by atoms with E-state index in [4.69, 9.17) is 0 Å². The molecule has 0 spiro atoms. The van der Waals surface area contributed by atoms with Gasteiger partial charge in [0, 0.05) is 43.3 Å². The third kappa shape index (κ3) is 5.91. The predicted molar refractivity (Wildman–Crippen MR) is 158 cm³/mol. The van der Waals surface area contributed by atoms with Gasteiger partial charge in [-0.05, 0) is 73.5 Å². The smallest absolute Gasteiger partial charge is 0.255 e. The molecule has 0 radical (unpaired) electrons. The topological polar surface area (TPSA) is 133 Å². The van der Waals surface area contributed by atoms with Gasteiger partial charge in [-0.3, -0.25) is 4.79 Å². The van der Waals surface area contributed by atoms with Gasteiger partial charge in [0.25, 0.3) is 5.91 Å². The summed E-state index contributed by atoms with van der Waals surface area (Å²) in [5, 5.41) is 2.74. The minimum Gasteiger partial charge on any atom is -0.342 e. The van der Waals surface area contributed by atoms with E-state index >= 15 is 0 Å². The van der Waals surface area contributed by atoms with Crippen LogP contribution in [0, 0.1) is 0 Å². The van der Waals surface area contributed by atoms with Gasteiger partial charge in [0.05, 0.1) is 20.8 Å². The second-order valence-corrected chi connectivity index (χ2v) is 13.8. The Kier molecular flexibility index (Phi) is 8.28. The summed E-state index contributed by atoms with van der Waals surface area (Å²) in [7, 11) is -7.31. The number of carbonyl (C=O) groups excluding carboxylic acids is 1. The number of aromatic nitrogens is 2. The van der Waals surface area contributed by atoms with Crippen molar-refractivity contribution in [2.24, 2.45) is 0 Å². The Bertz CT molecular complexity index is 1710. The molecule has 1 aromatic heterocycles. The zero-order valence-corrected chi connectivity index (χ0v) is 24.6. The number of carbonyl (C=O) groups is 1. The third-order valence-corrected chi connectivity index (χ3v) is 11.4. The molecule has 0 bridgehead atoms. The quantitative estimate of drug-likeness (QED) is 0.295. The number of H-pyrrole nitrogens is 1. The molecule has 1 saturated heterocycles. The fourth-order valence-corrected chi connectivity index (χ4v) is 8.02. The van der Waals surface area contributed by atoms with Crippen LogP contribution in [0.2, 0.25) is 0 Å². The number of nitrogens with zero attached hydrogens (tertiary/aromatic N) is 3. The molecule has 216 valence electrons. The van der Waals surface area contributed by atoms with Crippen LogP contribution in [0.25, 0.3) is 11.0 Å². The first kappa shape index (κ1) is 28.9. The van der Waals surface area contributed by atoms with E-state index in [-0.39, 0.29) is 21.3 Å². The predicted octanol–water partition coefficient (Wildman–Crippen LogP) is 4.41. The number of fused-ring (bicyclic) bond motifs is 1. The third-order valence-electron chi connectivity index (χ3n) is 7.46. The van der Waals surface area contributed by atoms with Crippen LogP contribution >= 0.6 is 0 Å². The first-order valence-electron chi connectivity index (χ1n) is 13.6. The van der Waals surface area contributed by atoms with Crippen molar-refractivity contribution in [3.63, 3.8) is 0 Å². The van der Waals surface area contributed by atoms with Gasteiger partial charge in [-0.15, -0.1) is 0 Å². The minimum absolute atomic E-state index is 0.119. The molecule has 12 heteroatoms. The molecule has 0 saturated carbocycles. The summed E-state index contributed by atoms with van der Waals surface area (Å²) in [5.41, 5.74) is 2.60. The number of imidazole rings is 1. The van der Waals surface area contributed by atoms with Crippen LogP contribution in [-0.4, -0.2) is 67.5 Å². The van der Waals surface area contributed by atoms with Crippen molar-refractivity contribution in [1.29, 1.82) is 0 Å². The Morgan fingerprint density at radius 3 is 2.12 bits per heavy atom. The van der Waals surface area contributed by atoms with Crippen LogP contribution < -0.4 is 5.32 Å². The summed E-state index contributed by atoms with van der Waals surface area (Å²) in [4.78, 5) is 21.1. The van der Waals surface area contributed by atoms with Gasteiger partial charge in [0.2, 0.25) is 20.0 Å². The molecule has 10 nitrogen and oxygen atoms in total. The van der Waals surface area contributed by atoms with E-state index in [2.05, 4.69) is 15.3 Å². The van der Waals surface area contributed by atoms with E-state index in [1.807, 2.05) is 24.3 Å². The summed E-state index contributed by atoms with van der Waals surface area (Å²) in [5.74, 6) is 0.626. The van der Waals surface area contributed by atoms with Crippen molar-refractivity contribution in [1.82, 2.24) is 18.6 Å². The largest absolute Gasteiger partial charge is 0.342 e. The van der Waals surface area contributed by atoms with E-state index in [0.29, 0.717) is 44.7 Å². The molecule has 2 heterocycles. The standard InChI is InChI=1S/C29H33N5O5S2/c1-3-33(4-2)40(36,37)24-13-9-22(10-14-24)29(35)30-23-11-15-25(16-12-23)41(38,39)34-19-17-21(18-20-34)28-31-26-7-5-6-8-27(26)32-28/h5-16,21H,3-4,17-20H2,1-2H3,(H,30,35)(H,31,32). The number of hydrogen-bond donors (Lipinski definition) is 2. The fraction of sp³-hybridized carbons (Fsp3) is 0.310. The van der Waals surface area contributed by atoms with Crippen LogP contribution in [0.1, 0.15) is 48.8 Å². The highest BCUT2D eigenvalue weighted by Gasteiger charge is 2.31. The minimum atomic E-state index is -3.69. The molecule has 1 amide bonds. The van der Waals surface area contributed by atoms with E-state index in [1.165, 1.54) is 45.0 Å². The molecule has 1 fully saturated rings. The number of piperidine rings is 1. The van der Waals surface area contributed by atoms with E-state index in [0.717, 1.165) is 16.9 Å². The van der Waals surface area contributed by atoms with E-state index in [9.17, 15) is 21.6 Å². The number of anilines is 1. The molecule has 5 rings (SSSR count). The lowest BCUT2D eigenvalue weighted by Crippen LogP contribution is -2.38. The highest BCUT2D eigenvalue weighted by molar-refractivity contribution is 7.89. The number of para-hydroxylation sites is 2. The van der Waals surface area contributed by atoms with E-state index < -0.39 is 26.0 Å². The zero-order valence-electron chi connectivity index (χ0n) is 22.9. The lowest BCUT2D eigenvalue weighted by Gasteiger charge is -2.30. The number of aromatic amines is 1. The normalized spacial score (nSPS) is 15.4. The molecule has 2 N–H and O–H groups in total. The van der Waals surface area contributed by atoms with Crippen molar-refractivity contribution in [2.75, 3.05) is 31.5 Å². The molecule has 0 unspecified atom stereocenters. The zero-order chi connectivity index (χ0) is 29.2. The fourth-order valence-electron chi connectivity index (χ4n) is 5.09. The van der Waals surface area contributed by atoms with Gasteiger partial charge >= 0.3 is 0 Å². The van der Waals surface area contributed by atoms with Gasteiger partial charge in [0.15, 0.2) is 0 Å². The van der Waals surface area contributed by atoms with Gasteiger partial charge in [-0.25, -0.2) is 21.8 Å². The van der Waals surface area contributed by atoms with Crippen LogP contribution in [0.5, 0.6) is 0 Å². The molecule has 0 aliphatic carbocycles. The molecule has 1 aliphatic rings. The molecule has 3 aromatic carbocycles. The number of nitrogens with one attached hydrogen (secondary N) is 2. The summed E-state index contributed by atoms with van der Waals surface area (Å²) < 4.78 is 54.8. The lowest BCUT2D eigenvalue weighted by molar-refractivity contribution is 0.102. The average Bonchev–Trinajstić information content (AvgIpc) is 3.43. The number of sulfonamides is 2. The summed E-state index contributed by atoms with van der Waals surface area (Å²) in [6.45, 7) is 5.03. The molecule has 41 heavy (non-hydrogen) atoms. The van der Waals surface area contributed by atoms with Crippen molar-refractivity contribution in [3.8, 4) is 0 Å². The first-order valence-corrected chi connectivity index (χ1v) is 16.5. The highest BCUT2D eigenvalue weighted by Crippen LogP contribution is 2.31. The van der Waals surface area contributed by atoms with Crippen molar-refractivity contribution in [2.45, 2.75) is 42.4 Å². The van der Waals surface area contributed by atoms with Gasteiger partial charge < -0.3 is 10.3 Å². The molecular weight excluding hydrogens is 562 g/mol. The maximum atomic E-state index is 13.3. The number of benzene rings is 3. The van der Waals surface area contributed by atoms with Crippen LogP contribution in [0.4, 0.5) is 5.69 Å². The number of hydrogen-bond acceptors (Lipinski definition) is 6. The Hall–Kier alpha value is -3.58. The monoisotopic (exact) mass is 595 g/mol. The molecular formula is C29H33N5O5S2. The Morgan fingerprint density at radius 2 is 1.51 bits per heavy atom. The van der Waals surface area contributed by atoms with Crippen LogP contribution in [0.3, 0.4) is 0 Å². The lowest BCUT2D eigenvalue weighted by atomic mass is 9.97. The molecule has 1 aliphatic heterocycles. The maximum absolute atomic E-state index is 13.3. The summed E-state index contributed by atoms with van der Waals surface area (Å²) >= 11 is 0. The Balaban J connectivity index is 1.20. The summed E-state index contributed by atoms with van der Waals surface area (Å²) in [6, 6.07) is 19.6. The number of amides is 1. The first-order chi connectivity index (χ1) is 19.6. The number of rotatable bonds is 9. The SMILES string of the molecule is CCN(CC)S(=O)(=O)c1ccc(C(=O)Nc2ccc(S(=O)(=O)N3CCC(c4nc5ccccc5[nH]4)CC3)cc2)cc1. The average molecular weight is 596 g/mol. The van der Waals surface area contributed by atoms with Crippen molar-refractivity contribution < 1.29 is 21.6 Å². The van der Waals surface area contributed by atoms with Crippen molar-refractivity contribution in [3.05, 3.63) is 84.2 Å². The van der Waals surface area contributed by atoms with Gasteiger partial charge in [-0.2, -0.15) is 8.61 Å². The second-order valence-electron chi connectivity index (χ2n) is 9.91. The summed E-state index contributed by atoms with van der Waals surface area (Å²) in [6.07, 6.45) is 1.34. The molecule has 0 atom stereocenters. The second kappa shape index (κ2) is 11.7. The maximum Gasteiger partial charge on any atom is 0.255 e.